The average Bonchev–Trinajstić information content (AvgIpc) is 2.96. The first-order valence-electron chi connectivity index (χ1n) is 7.93. The maximum Gasteiger partial charge on any atom is 0.259 e. The average molecular weight is 410 g/mol. The number of nitrogens with zero attached hydrogens (tertiary/aromatic N) is 1. The fourth-order valence-electron chi connectivity index (χ4n) is 2.86. The van der Waals surface area contributed by atoms with Gasteiger partial charge in [-0.1, -0.05) is 11.6 Å². The first-order valence-corrected chi connectivity index (χ1v) is 10.1. The number of thiophene rings is 1. The van der Waals surface area contributed by atoms with Crippen LogP contribution in [0.25, 0.3) is 10.2 Å². The number of halogens is 2. The summed E-state index contributed by atoms with van der Waals surface area (Å²) in [6.07, 6.45) is 1.85. The molecular weight excluding hydrogens is 397 g/mol. The minimum absolute atomic E-state index is 0.0718. The fourth-order valence-corrected chi connectivity index (χ4v) is 5.59. The molecule has 0 radical (unpaired) electrons. The van der Waals surface area contributed by atoms with Gasteiger partial charge in [-0.15, -0.1) is 23.1 Å². The second-order valence-electron chi connectivity index (χ2n) is 5.87. The van der Waals surface area contributed by atoms with Crippen molar-refractivity contribution in [2.75, 3.05) is 11.1 Å². The van der Waals surface area contributed by atoms with Crippen LogP contribution >= 0.6 is 34.7 Å². The molecule has 0 aliphatic carbocycles. The number of nitrogens with one attached hydrogen (secondary N) is 2. The summed E-state index contributed by atoms with van der Waals surface area (Å²) in [6, 6.07) is 3.93. The van der Waals surface area contributed by atoms with Gasteiger partial charge < -0.3 is 10.3 Å². The highest BCUT2D eigenvalue weighted by Gasteiger charge is 2.20. The van der Waals surface area contributed by atoms with Crippen molar-refractivity contribution in [2.45, 2.75) is 23.5 Å². The molecule has 1 aromatic carbocycles. The van der Waals surface area contributed by atoms with Crippen LogP contribution in [0.4, 0.5) is 10.1 Å². The van der Waals surface area contributed by atoms with E-state index in [9.17, 15) is 14.0 Å². The van der Waals surface area contributed by atoms with Crippen molar-refractivity contribution < 1.29 is 9.18 Å². The van der Waals surface area contributed by atoms with E-state index in [1.807, 2.05) is 0 Å². The third-order valence-corrected chi connectivity index (χ3v) is 6.82. The number of amides is 1. The Hall–Kier alpha value is -1.90. The molecule has 3 aromatic rings. The van der Waals surface area contributed by atoms with Crippen LogP contribution in [0.2, 0.25) is 5.02 Å². The first kappa shape index (κ1) is 17.5. The summed E-state index contributed by atoms with van der Waals surface area (Å²) in [4.78, 5) is 32.5. The van der Waals surface area contributed by atoms with E-state index in [4.69, 9.17) is 11.6 Å². The second kappa shape index (κ2) is 7.02. The zero-order valence-electron chi connectivity index (χ0n) is 13.4. The summed E-state index contributed by atoms with van der Waals surface area (Å²) in [6.45, 7) is 0. The second-order valence-corrected chi connectivity index (χ2v) is 8.64. The molecule has 0 saturated carbocycles. The van der Waals surface area contributed by atoms with Gasteiger partial charge in [0.2, 0.25) is 5.91 Å². The van der Waals surface area contributed by atoms with Crippen LogP contribution in [0, 0.1) is 5.82 Å². The van der Waals surface area contributed by atoms with Gasteiger partial charge in [-0.25, -0.2) is 9.37 Å². The summed E-state index contributed by atoms with van der Waals surface area (Å²) in [5, 5.41) is 3.20. The highest BCUT2D eigenvalue weighted by molar-refractivity contribution is 8.01. The molecule has 9 heteroatoms. The van der Waals surface area contributed by atoms with Crippen molar-refractivity contribution in [3.05, 3.63) is 50.8 Å². The van der Waals surface area contributed by atoms with Crippen molar-refractivity contribution in [1.29, 1.82) is 0 Å². The van der Waals surface area contributed by atoms with Gasteiger partial charge in [0, 0.05) is 5.69 Å². The smallest absolute Gasteiger partial charge is 0.259 e. The Morgan fingerprint density at radius 1 is 1.42 bits per heavy atom. The minimum Gasteiger partial charge on any atom is -0.326 e. The molecule has 2 N–H and O–H groups in total. The lowest BCUT2D eigenvalue weighted by atomic mass is 10.1. The maximum atomic E-state index is 13.2. The monoisotopic (exact) mass is 409 g/mol. The molecule has 1 aliphatic rings. The number of aromatic nitrogens is 2. The third kappa shape index (κ3) is 3.36. The predicted octanol–water partition coefficient (Wildman–Crippen LogP) is 4.00. The Bertz CT molecular complexity index is 1080. The quantitative estimate of drug-likeness (QED) is 0.685. The summed E-state index contributed by atoms with van der Waals surface area (Å²) in [5.41, 5.74) is 1.25. The molecule has 1 aliphatic heterocycles. The van der Waals surface area contributed by atoms with Gasteiger partial charge in [0.1, 0.15) is 16.5 Å². The standard InChI is InChI=1S/C17H13ClFN3O2S2/c18-10-6-8(3-4-11(10)19)20-13(23)7-12-21-15(24)14-9-2-1-5-25-17(9)26-16(14)22-12/h3-4,6H,1-2,5,7H2,(H,20,23)(H,21,22,24). The number of anilines is 1. The molecule has 0 fully saturated rings. The summed E-state index contributed by atoms with van der Waals surface area (Å²) in [7, 11) is 0. The minimum atomic E-state index is -0.555. The Morgan fingerprint density at radius 3 is 3.08 bits per heavy atom. The molecule has 1 amide bonds. The fraction of sp³-hybridized carbons (Fsp3) is 0.235. The number of fused-ring (bicyclic) bond motifs is 3. The number of aryl methyl sites for hydroxylation is 1. The molecule has 134 valence electrons. The van der Waals surface area contributed by atoms with Gasteiger partial charge in [0.05, 0.1) is 21.0 Å². The van der Waals surface area contributed by atoms with E-state index in [0.29, 0.717) is 21.7 Å². The molecule has 0 bridgehead atoms. The summed E-state index contributed by atoms with van der Waals surface area (Å²) in [5.74, 6) is 0.427. The Kier molecular flexibility index (Phi) is 4.73. The topological polar surface area (TPSA) is 74.8 Å². The molecular formula is C17H13ClFN3O2S2. The lowest BCUT2D eigenvalue weighted by molar-refractivity contribution is -0.115. The number of thioether (sulfide) groups is 1. The Labute approximate surface area is 161 Å². The highest BCUT2D eigenvalue weighted by atomic mass is 35.5. The lowest BCUT2D eigenvalue weighted by Crippen LogP contribution is -2.19. The molecule has 5 nitrogen and oxygen atoms in total. The van der Waals surface area contributed by atoms with Crippen molar-refractivity contribution in [1.82, 2.24) is 9.97 Å². The first-order chi connectivity index (χ1) is 12.5. The Balaban J connectivity index is 1.58. The molecule has 2 aromatic heterocycles. The van der Waals surface area contributed by atoms with Crippen LogP contribution in [-0.4, -0.2) is 21.6 Å². The van der Waals surface area contributed by atoms with E-state index in [1.165, 1.54) is 29.5 Å². The number of hydrogen-bond acceptors (Lipinski definition) is 5. The van der Waals surface area contributed by atoms with E-state index in [1.54, 1.807) is 11.8 Å². The number of rotatable bonds is 3. The summed E-state index contributed by atoms with van der Waals surface area (Å²) >= 11 is 8.96. The van der Waals surface area contributed by atoms with Gasteiger partial charge in [-0.05, 0) is 42.4 Å². The zero-order chi connectivity index (χ0) is 18.3. The maximum absolute atomic E-state index is 13.2. The number of aromatic amines is 1. The number of hydrogen-bond donors (Lipinski definition) is 2. The molecule has 0 unspecified atom stereocenters. The van der Waals surface area contributed by atoms with E-state index in [0.717, 1.165) is 28.4 Å². The Morgan fingerprint density at radius 2 is 2.27 bits per heavy atom. The van der Waals surface area contributed by atoms with Crippen LogP contribution < -0.4 is 10.9 Å². The van der Waals surface area contributed by atoms with Crippen LogP contribution in [-0.2, 0) is 17.6 Å². The normalized spacial score (nSPS) is 13.6. The highest BCUT2D eigenvalue weighted by Crippen LogP contribution is 2.39. The van der Waals surface area contributed by atoms with Gasteiger partial charge in [0.15, 0.2) is 0 Å². The van der Waals surface area contributed by atoms with Gasteiger partial charge >= 0.3 is 0 Å². The van der Waals surface area contributed by atoms with E-state index in [-0.39, 0.29) is 22.9 Å². The van der Waals surface area contributed by atoms with Crippen LogP contribution in [0.1, 0.15) is 17.8 Å². The van der Waals surface area contributed by atoms with Crippen LogP contribution in [0.5, 0.6) is 0 Å². The molecule has 4 rings (SSSR count). The largest absolute Gasteiger partial charge is 0.326 e. The molecule has 0 spiro atoms. The van der Waals surface area contributed by atoms with Crippen LogP contribution in [0.3, 0.4) is 0 Å². The van der Waals surface area contributed by atoms with Crippen molar-refractivity contribution >= 4 is 56.5 Å². The number of carbonyl (C=O) groups excluding carboxylic acids is 1. The molecule has 0 atom stereocenters. The van der Waals surface area contributed by atoms with Gasteiger partial charge in [-0.2, -0.15) is 0 Å². The summed E-state index contributed by atoms with van der Waals surface area (Å²) < 4.78 is 14.3. The lowest BCUT2D eigenvalue weighted by Gasteiger charge is -2.09. The van der Waals surface area contributed by atoms with Gasteiger partial charge in [-0.3, -0.25) is 9.59 Å². The van der Waals surface area contributed by atoms with Crippen LogP contribution in [0.15, 0.2) is 27.2 Å². The van der Waals surface area contributed by atoms with Crippen molar-refractivity contribution in [3.63, 3.8) is 0 Å². The molecule has 26 heavy (non-hydrogen) atoms. The third-order valence-electron chi connectivity index (χ3n) is 4.01. The van der Waals surface area contributed by atoms with E-state index < -0.39 is 5.82 Å². The molecule has 3 heterocycles. The van der Waals surface area contributed by atoms with E-state index in [2.05, 4.69) is 15.3 Å². The SMILES string of the molecule is O=C(Cc1nc2sc3c(c2c(=O)[nH]1)CCCS3)Nc1ccc(F)c(Cl)c1. The number of benzene rings is 1. The molecule has 0 saturated heterocycles. The van der Waals surface area contributed by atoms with E-state index >= 15 is 0 Å². The van der Waals surface area contributed by atoms with Gasteiger partial charge in [0.25, 0.3) is 5.56 Å². The van der Waals surface area contributed by atoms with Crippen molar-refractivity contribution in [3.8, 4) is 0 Å². The predicted molar refractivity (Wildman–Crippen MR) is 103 cm³/mol. The number of H-pyrrole nitrogens is 1. The zero-order valence-corrected chi connectivity index (χ0v) is 15.8. The van der Waals surface area contributed by atoms with Crippen molar-refractivity contribution in [2.24, 2.45) is 0 Å². The number of carbonyl (C=O) groups is 1.